The fourth-order valence-electron chi connectivity index (χ4n) is 0.713. The molecule has 0 fully saturated rings. The average molecular weight is 153 g/mol. The van der Waals surface area contributed by atoms with Gasteiger partial charge in [-0.2, -0.15) is 0 Å². The maximum Gasteiger partial charge on any atom is 0.0281 e. The molecule has 0 bridgehead atoms. The summed E-state index contributed by atoms with van der Waals surface area (Å²) in [6.07, 6.45) is 10.6. The van der Waals surface area contributed by atoms with Gasteiger partial charge in [-0.3, -0.25) is 0 Å². The van der Waals surface area contributed by atoms with E-state index in [0.29, 0.717) is 0 Å². The average Bonchev–Trinajstić information content (AvgIpc) is 1.85. The second-order valence-electron chi connectivity index (χ2n) is 3.34. The van der Waals surface area contributed by atoms with Crippen LogP contribution >= 0.6 is 0 Å². The largest absolute Gasteiger partial charge is 0.322 e. The Hall–Kier alpha value is -0.560. The van der Waals surface area contributed by atoms with Gasteiger partial charge in [0.2, 0.25) is 0 Å². The maximum absolute atomic E-state index is 5.74. The lowest BCUT2D eigenvalue weighted by Gasteiger charge is -2.10. The Labute approximate surface area is 70.0 Å². The van der Waals surface area contributed by atoms with Crippen molar-refractivity contribution in [1.82, 2.24) is 0 Å². The van der Waals surface area contributed by atoms with E-state index in [0.717, 1.165) is 12.8 Å². The second kappa shape index (κ2) is 5.14. The molecule has 0 aliphatic heterocycles. The molecule has 0 saturated heterocycles. The number of hydrogen-bond acceptors (Lipinski definition) is 1. The summed E-state index contributed by atoms with van der Waals surface area (Å²) >= 11 is 0. The zero-order valence-corrected chi connectivity index (χ0v) is 7.80. The van der Waals surface area contributed by atoms with E-state index < -0.39 is 0 Å². The molecule has 0 spiro atoms. The molecule has 0 aromatic rings. The van der Waals surface area contributed by atoms with Crippen molar-refractivity contribution in [3.05, 3.63) is 24.3 Å². The van der Waals surface area contributed by atoms with Crippen LogP contribution in [0.3, 0.4) is 0 Å². The van der Waals surface area contributed by atoms with Gasteiger partial charge < -0.3 is 5.73 Å². The molecule has 11 heavy (non-hydrogen) atoms. The molecule has 0 aliphatic rings. The number of hydrogen-bond donors (Lipinski definition) is 1. The first-order chi connectivity index (χ1) is 5.06. The van der Waals surface area contributed by atoms with E-state index in [-0.39, 0.29) is 5.54 Å². The Kier molecular flexibility index (Phi) is 4.88. The van der Waals surface area contributed by atoms with Crippen molar-refractivity contribution in [3.8, 4) is 0 Å². The van der Waals surface area contributed by atoms with E-state index in [1.165, 1.54) is 0 Å². The van der Waals surface area contributed by atoms with Gasteiger partial charge in [0, 0.05) is 5.54 Å². The molecule has 0 aromatic heterocycles. The van der Waals surface area contributed by atoms with E-state index in [1.807, 2.05) is 19.9 Å². The van der Waals surface area contributed by atoms with E-state index in [9.17, 15) is 0 Å². The molecule has 2 N–H and O–H groups in total. The zero-order chi connectivity index (χ0) is 8.74. The van der Waals surface area contributed by atoms with E-state index in [4.69, 9.17) is 5.73 Å². The van der Waals surface area contributed by atoms with Crippen molar-refractivity contribution < 1.29 is 0 Å². The number of allylic oxidation sites excluding steroid dienone is 3. The summed E-state index contributed by atoms with van der Waals surface area (Å²) in [5.41, 5.74) is 5.57. The first-order valence-corrected chi connectivity index (χ1v) is 4.18. The lowest BCUT2D eigenvalue weighted by molar-refractivity contribution is 0.652. The molecule has 0 rings (SSSR count). The summed E-state index contributed by atoms with van der Waals surface area (Å²) in [4.78, 5) is 0. The van der Waals surface area contributed by atoms with Gasteiger partial charge in [-0.1, -0.05) is 31.2 Å². The Balaban J connectivity index is 3.53. The van der Waals surface area contributed by atoms with Crippen LogP contribution in [0.5, 0.6) is 0 Å². The summed E-state index contributed by atoms with van der Waals surface area (Å²) in [6, 6.07) is 0. The molecule has 0 saturated carbocycles. The Morgan fingerprint density at radius 3 is 2.27 bits per heavy atom. The highest BCUT2D eigenvalue weighted by Crippen LogP contribution is 1.99. The molecular formula is C10H19N. The van der Waals surface area contributed by atoms with Crippen molar-refractivity contribution in [3.63, 3.8) is 0 Å². The monoisotopic (exact) mass is 153 g/mol. The standard InChI is InChI=1S/C10H19N/c1-4-5-6-7-8-9-10(2,3)11/h5-6,8-9H,4,7,11H2,1-3H3/b6-5-,9-8?. The molecule has 0 heterocycles. The molecule has 0 atom stereocenters. The maximum atomic E-state index is 5.74. The van der Waals surface area contributed by atoms with Crippen molar-refractivity contribution in [2.45, 2.75) is 39.2 Å². The Bertz CT molecular complexity index is 137. The molecule has 0 aliphatic carbocycles. The van der Waals surface area contributed by atoms with E-state index >= 15 is 0 Å². The van der Waals surface area contributed by atoms with Gasteiger partial charge in [0.25, 0.3) is 0 Å². The first kappa shape index (κ1) is 10.4. The topological polar surface area (TPSA) is 26.0 Å². The van der Waals surface area contributed by atoms with Crippen LogP contribution in [-0.2, 0) is 0 Å². The van der Waals surface area contributed by atoms with Crippen LogP contribution in [-0.4, -0.2) is 5.54 Å². The highest BCUT2D eigenvalue weighted by atomic mass is 14.7. The first-order valence-electron chi connectivity index (χ1n) is 4.18. The molecule has 64 valence electrons. The van der Waals surface area contributed by atoms with Crippen LogP contribution < -0.4 is 5.73 Å². The lowest BCUT2D eigenvalue weighted by Crippen LogP contribution is -2.28. The van der Waals surface area contributed by atoms with E-state index in [2.05, 4.69) is 25.2 Å². The number of nitrogens with two attached hydrogens (primary N) is 1. The predicted molar refractivity (Wildman–Crippen MR) is 51.5 cm³/mol. The van der Waals surface area contributed by atoms with Crippen molar-refractivity contribution in [2.75, 3.05) is 0 Å². The fraction of sp³-hybridized carbons (Fsp3) is 0.600. The van der Waals surface area contributed by atoms with Crippen LogP contribution in [0.2, 0.25) is 0 Å². The van der Waals surface area contributed by atoms with Crippen LogP contribution in [0.1, 0.15) is 33.6 Å². The molecule has 1 heteroatoms. The summed E-state index contributed by atoms with van der Waals surface area (Å²) < 4.78 is 0. The van der Waals surface area contributed by atoms with Gasteiger partial charge in [-0.05, 0) is 26.7 Å². The minimum Gasteiger partial charge on any atom is -0.322 e. The van der Waals surface area contributed by atoms with Crippen LogP contribution in [0.15, 0.2) is 24.3 Å². The van der Waals surface area contributed by atoms with Crippen molar-refractivity contribution in [1.29, 1.82) is 0 Å². The normalized spacial score (nSPS) is 13.5. The quantitative estimate of drug-likeness (QED) is 0.617. The van der Waals surface area contributed by atoms with Gasteiger partial charge in [-0.25, -0.2) is 0 Å². The van der Waals surface area contributed by atoms with Crippen molar-refractivity contribution in [2.24, 2.45) is 5.73 Å². The predicted octanol–water partition coefficient (Wildman–Crippen LogP) is 2.64. The third-order valence-corrected chi connectivity index (χ3v) is 1.22. The van der Waals surface area contributed by atoms with Crippen molar-refractivity contribution >= 4 is 0 Å². The minimum absolute atomic E-state index is 0.167. The Morgan fingerprint density at radius 2 is 1.82 bits per heavy atom. The van der Waals surface area contributed by atoms with Gasteiger partial charge in [0.05, 0.1) is 0 Å². The summed E-state index contributed by atoms with van der Waals surface area (Å²) in [5, 5.41) is 0. The Morgan fingerprint density at radius 1 is 1.18 bits per heavy atom. The lowest BCUT2D eigenvalue weighted by atomic mass is 10.1. The molecule has 1 nitrogen and oxygen atoms in total. The molecule has 0 unspecified atom stereocenters. The zero-order valence-electron chi connectivity index (χ0n) is 7.80. The van der Waals surface area contributed by atoms with E-state index in [1.54, 1.807) is 0 Å². The fourth-order valence-corrected chi connectivity index (χ4v) is 0.713. The summed E-state index contributed by atoms with van der Waals surface area (Å²) in [6.45, 7) is 6.12. The van der Waals surface area contributed by atoms with Gasteiger partial charge >= 0.3 is 0 Å². The van der Waals surface area contributed by atoms with Crippen LogP contribution in [0.25, 0.3) is 0 Å². The molecular weight excluding hydrogens is 134 g/mol. The van der Waals surface area contributed by atoms with Gasteiger partial charge in [0.1, 0.15) is 0 Å². The molecule has 0 amide bonds. The second-order valence-corrected chi connectivity index (χ2v) is 3.34. The van der Waals surface area contributed by atoms with Crippen LogP contribution in [0, 0.1) is 0 Å². The third kappa shape index (κ3) is 9.44. The summed E-state index contributed by atoms with van der Waals surface area (Å²) in [7, 11) is 0. The number of rotatable bonds is 4. The van der Waals surface area contributed by atoms with Gasteiger partial charge in [-0.15, -0.1) is 0 Å². The smallest absolute Gasteiger partial charge is 0.0281 e. The summed E-state index contributed by atoms with van der Waals surface area (Å²) in [5.74, 6) is 0. The molecule has 0 aromatic carbocycles. The minimum atomic E-state index is -0.167. The van der Waals surface area contributed by atoms with Crippen LogP contribution in [0.4, 0.5) is 0 Å². The van der Waals surface area contributed by atoms with Gasteiger partial charge in [0.15, 0.2) is 0 Å². The highest BCUT2D eigenvalue weighted by molar-refractivity contribution is 5.01. The highest BCUT2D eigenvalue weighted by Gasteiger charge is 2.01. The molecule has 0 radical (unpaired) electrons. The SMILES string of the molecule is CC/C=C\CC=CC(C)(C)N. The third-order valence-electron chi connectivity index (χ3n) is 1.22.